The number of pyridine rings is 1. The minimum absolute atomic E-state index is 0.0844. The average molecular weight is 327 g/mol. The summed E-state index contributed by atoms with van der Waals surface area (Å²) in [4.78, 5) is 8.27. The lowest BCUT2D eigenvalue weighted by Crippen LogP contribution is -2.15. The molecule has 7 heteroatoms. The molecule has 0 amide bonds. The molecule has 0 bridgehead atoms. The molecule has 0 saturated carbocycles. The summed E-state index contributed by atoms with van der Waals surface area (Å²) in [6.45, 7) is -0.259. The van der Waals surface area contributed by atoms with E-state index in [-0.39, 0.29) is 13.2 Å². The number of nitrogen functional groups attached to an aromatic ring is 2. The fourth-order valence-corrected chi connectivity index (χ4v) is 2.07. The van der Waals surface area contributed by atoms with Gasteiger partial charge in [0.1, 0.15) is 5.82 Å². The van der Waals surface area contributed by atoms with Crippen LogP contribution < -0.4 is 17.2 Å². The Morgan fingerprint density at radius 2 is 1.96 bits per heavy atom. The summed E-state index contributed by atoms with van der Waals surface area (Å²) >= 11 is 0. The van der Waals surface area contributed by atoms with Crippen LogP contribution in [0.25, 0.3) is 16.7 Å². The molecular formula is C17H21N5O2. The smallest absolute Gasteiger partial charge is 0.131 e. The molecule has 0 aliphatic carbocycles. The molecule has 0 saturated heterocycles. The van der Waals surface area contributed by atoms with Crippen molar-refractivity contribution in [1.29, 1.82) is 0 Å². The second kappa shape index (κ2) is 8.09. The molecule has 1 aromatic carbocycles. The fraction of sp³-hybridized carbons (Fsp3) is 0.176. The molecule has 126 valence electrons. The van der Waals surface area contributed by atoms with E-state index in [1.807, 2.05) is 18.2 Å². The zero-order valence-electron chi connectivity index (χ0n) is 13.1. The third kappa shape index (κ3) is 4.31. The molecule has 2 rings (SSSR count). The Labute approximate surface area is 140 Å². The van der Waals surface area contributed by atoms with Gasteiger partial charge in [-0.25, -0.2) is 4.98 Å². The molecule has 0 spiro atoms. The van der Waals surface area contributed by atoms with Gasteiger partial charge in [-0.2, -0.15) is 0 Å². The summed E-state index contributed by atoms with van der Waals surface area (Å²) in [6.07, 6.45) is 3.63. The highest BCUT2D eigenvalue weighted by molar-refractivity contribution is 6.10. The van der Waals surface area contributed by atoms with Gasteiger partial charge < -0.3 is 27.4 Å². The molecule has 0 fully saturated rings. The first-order valence-electron chi connectivity index (χ1n) is 7.37. The van der Waals surface area contributed by atoms with Crippen LogP contribution in [0.4, 0.5) is 11.5 Å². The van der Waals surface area contributed by atoms with E-state index in [4.69, 9.17) is 22.3 Å². The Morgan fingerprint density at radius 3 is 2.58 bits per heavy atom. The van der Waals surface area contributed by atoms with Crippen molar-refractivity contribution in [3.8, 4) is 11.1 Å². The van der Waals surface area contributed by atoms with Crippen molar-refractivity contribution in [3.63, 3.8) is 0 Å². The van der Waals surface area contributed by atoms with Gasteiger partial charge in [-0.1, -0.05) is 12.1 Å². The van der Waals surface area contributed by atoms with Crippen molar-refractivity contribution in [2.75, 3.05) is 24.6 Å². The van der Waals surface area contributed by atoms with Crippen LogP contribution in [0.3, 0.4) is 0 Å². The van der Waals surface area contributed by atoms with Crippen molar-refractivity contribution in [3.05, 3.63) is 48.3 Å². The van der Waals surface area contributed by atoms with Crippen molar-refractivity contribution < 1.29 is 10.2 Å². The van der Waals surface area contributed by atoms with Crippen LogP contribution in [-0.4, -0.2) is 40.7 Å². The van der Waals surface area contributed by atoms with Crippen LogP contribution in [0, 0.1) is 0 Å². The van der Waals surface area contributed by atoms with Crippen molar-refractivity contribution in [1.82, 2.24) is 4.98 Å². The van der Waals surface area contributed by atoms with Gasteiger partial charge in [0, 0.05) is 41.0 Å². The predicted molar refractivity (Wildman–Crippen MR) is 97.1 cm³/mol. The van der Waals surface area contributed by atoms with E-state index < -0.39 is 6.10 Å². The van der Waals surface area contributed by atoms with Crippen LogP contribution in [-0.2, 0) is 0 Å². The number of benzene rings is 1. The monoisotopic (exact) mass is 327 g/mol. The number of aliphatic hydroxyl groups excluding tert-OH is 2. The highest BCUT2D eigenvalue weighted by Crippen LogP contribution is 2.27. The quantitative estimate of drug-likeness (QED) is 0.389. The first kappa shape index (κ1) is 17.5. The summed E-state index contributed by atoms with van der Waals surface area (Å²) in [5, 5.41) is 18.1. The number of hydrogen-bond donors (Lipinski definition) is 5. The van der Waals surface area contributed by atoms with E-state index in [1.54, 1.807) is 18.3 Å². The number of allylic oxidation sites excluding steroid dienone is 1. The molecule has 1 aromatic heterocycles. The van der Waals surface area contributed by atoms with Gasteiger partial charge in [0.25, 0.3) is 0 Å². The van der Waals surface area contributed by atoms with Gasteiger partial charge in [0.15, 0.2) is 0 Å². The zero-order chi connectivity index (χ0) is 17.5. The van der Waals surface area contributed by atoms with Crippen LogP contribution >= 0.6 is 0 Å². The third-order valence-corrected chi connectivity index (χ3v) is 3.41. The van der Waals surface area contributed by atoms with E-state index in [1.165, 1.54) is 12.4 Å². The Hall–Kier alpha value is -2.90. The lowest BCUT2D eigenvalue weighted by Gasteiger charge is -2.09. The number of aliphatic imine (C=N–C) groups is 1. The van der Waals surface area contributed by atoms with Crippen LogP contribution in [0.5, 0.6) is 0 Å². The van der Waals surface area contributed by atoms with Gasteiger partial charge >= 0.3 is 0 Å². The molecule has 8 N–H and O–H groups in total. The van der Waals surface area contributed by atoms with Crippen molar-refractivity contribution in [2.45, 2.75) is 6.10 Å². The topological polar surface area (TPSA) is 144 Å². The molecule has 0 unspecified atom stereocenters. The first-order chi connectivity index (χ1) is 11.5. The molecule has 24 heavy (non-hydrogen) atoms. The number of nitrogens with two attached hydrogens (primary N) is 3. The lowest BCUT2D eigenvalue weighted by molar-refractivity contribution is 0.102. The summed E-state index contributed by atoms with van der Waals surface area (Å²) < 4.78 is 0. The third-order valence-electron chi connectivity index (χ3n) is 3.41. The van der Waals surface area contributed by atoms with Gasteiger partial charge in [-0.05, 0) is 23.8 Å². The van der Waals surface area contributed by atoms with Crippen molar-refractivity contribution in [2.24, 2.45) is 10.7 Å². The molecule has 2 aromatic rings. The average Bonchev–Trinajstić information content (AvgIpc) is 2.60. The zero-order valence-corrected chi connectivity index (χ0v) is 13.1. The van der Waals surface area contributed by atoms with Gasteiger partial charge in [0.2, 0.25) is 0 Å². The Kier molecular flexibility index (Phi) is 5.89. The Balaban J connectivity index is 2.30. The number of aromatic nitrogens is 1. The molecule has 7 nitrogen and oxygen atoms in total. The number of anilines is 2. The van der Waals surface area contributed by atoms with Crippen molar-refractivity contribution >= 4 is 23.3 Å². The predicted octanol–water partition coefficient (Wildman–Crippen LogP) is 0.637. The summed E-state index contributed by atoms with van der Waals surface area (Å²) in [5.41, 5.74) is 21.0. The SMILES string of the molecule is NC=C(C=NC[C@H](O)CO)c1cnc(N)c(-c2ccc(N)cc2)c1. The summed E-state index contributed by atoms with van der Waals surface area (Å²) in [7, 11) is 0. The number of aliphatic hydroxyl groups is 2. The second-order valence-electron chi connectivity index (χ2n) is 5.23. The fourth-order valence-electron chi connectivity index (χ4n) is 2.07. The maximum absolute atomic E-state index is 9.31. The molecular weight excluding hydrogens is 306 g/mol. The molecule has 0 radical (unpaired) electrons. The number of rotatable bonds is 6. The van der Waals surface area contributed by atoms with E-state index in [9.17, 15) is 5.11 Å². The Bertz CT molecular complexity index is 741. The lowest BCUT2D eigenvalue weighted by atomic mass is 10.0. The molecule has 1 heterocycles. The van der Waals surface area contributed by atoms with Gasteiger partial charge in [-0.15, -0.1) is 0 Å². The van der Waals surface area contributed by atoms with E-state index in [0.717, 1.165) is 16.7 Å². The maximum Gasteiger partial charge on any atom is 0.131 e. The van der Waals surface area contributed by atoms with E-state index >= 15 is 0 Å². The number of nitrogens with zero attached hydrogens (tertiary/aromatic N) is 2. The van der Waals surface area contributed by atoms with Crippen LogP contribution in [0.2, 0.25) is 0 Å². The second-order valence-corrected chi connectivity index (χ2v) is 5.23. The van der Waals surface area contributed by atoms with E-state index in [2.05, 4.69) is 9.98 Å². The molecule has 0 aliphatic rings. The highest BCUT2D eigenvalue weighted by atomic mass is 16.3. The van der Waals surface area contributed by atoms with E-state index in [0.29, 0.717) is 17.1 Å². The molecule has 0 aliphatic heterocycles. The summed E-state index contributed by atoms with van der Waals surface area (Å²) in [6, 6.07) is 9.17. The highest BCUT2D eigenvalue weighted by Gasteiger charge is 2.08. The van der Waals surface area contributed by atoms with Gasteiger partial charge in [-0.3, -0.25) is 4.99 Å². The van der Waals surface area contributed by atoms with Gasteiger partial charge in [0.05, 0.1) is 19.3 Å². The normalized spacial score (nSPS) is 13.3. The number of hydrogen-bond acceptors (Lipinski definition) is 7. The van der Waals surface area contributed by atoms with Crippen LogP contribution in [0.15, 0.2) is 47.7 Å². The Morgan fingerprint density at radius 1 is 1.25 bits per heavy atom. The standard InChI is InChI=1S/C17H21N5O2/c18-6-13(7-21-9-15(24)10-23)12-5-16(17(20)22-8-12)11-1-3-14(19)4-2-11/h1-8,15,23-24H,9-10,18-19H2,(H2,20,22)/t15-/m0/s1. The first-order valence-corrected chi connectivity index (χ1v) is 7.37. The maximum atomic E-state index is 9.31. The minimum atomic E-state index is -0.893. The largest absolute Gasteiger partial charge is 0.404 e. The minimum Gasteiger partial charge on any atom is -0.404 e. The summed E-state index contributed by atoms with van der Waals surface area (Å²) in [5.74, 6) is 0.396. The van der Waals surface area contributed by atoms with Crippen LogP contribution in [0.1, 0.15) is 5.56 Å². The molecule has 1 atom stereocenters.